The van der Waals surface area contributed by atoms with Crippen LogP contribution in [0.25, 0.3) is 0 Å². The molecule has 0 bridgehead atoms. The molecule has 0 aliphatic rings. The Balaban J connectivity index is 2.88. The molecule has 0 aromatic carbocycles. The van der Waals surface area contributed by atoms with Crippen LogP contribution in [0.5, 0.6) is 5.75 Å². The molecule has 2 N–H and O–H groups in total. The molecule has 84 valence electrons. The molecule has 0 fully saturated rings. The van der Waals surface area contributed by atoms with Crippen molar-refractivity contribution < 1.29 is 14.9 Å². The van der Waals surface area contributed by atoms with Gasteiger partial charge in [-0.2, -0.15) is 0 Å². The van der Waals surface area contributed by atoms with Crippen LogP contribution in [0.4, 0.5) is 0 Å². The first kappa shape index (κ1) is 11.9. The highest BCUT2D eigenvalue weighted by Gasteiger charge is 2.09. The highest BCUT2D eigenvalue weighted by molar-refractivity contribution is 5.24. The summed E-state index contributed by atoms with van der Waals surface area (Å²) >= 11 is 0. The molecule has 0 aliphatic heterocycles. The Kier molecular flexibility index (Phi) is 4.45. The van der Waals surface area contributed by atoms with Crippen LogP contribution in [0.15, 0.2) is 6.20 Å². The van der Waals surface area contributed by atoms with Crippen molar-refractivity contribution in [2.75, 3.05) is 13.2 Å². The predicted octanol–water partition coefficient (Wildman–Crippen LogP) is 0.463. The van der Waals surface area contributed by atoms with Gasteiger partial charge in [0.2, 0.25) is 0 Å². The molecule has 5 heteroatoms. The van der Waals surface area contributed by atoms with Gasteiger partial charge in [0, 0.05) is 5.92 Å². The topological polar surface area (TPSA) is 75.5 Å². The fourth-order valence-electron chi connectivity index (χ4n) is 1.09. The molecule has 0 unspecified atom stereocenters. The van der Waals surface area contributed by atoms with Gasteiger partial charge in [0.25, 0.3) is 0 Å². The molecule has 0 spiro atoms. The number of hydrogen-bond donors (Lipinski definition) is 2. The Morgan fingerprint density at radius 1 is 1.40 bits per heavy atom. The monoisotopic (exact) mass is 212 g/mol. The molecule has 1 aromatic rings. The second-order valence-electron chi connectivity index (χ2n) is 3.42. The number of rotatable bonds is 5. The van der Waals surface area contributed by atoms with Crippen molar-refractivity contribution >= 4 is 0 Å². The molecule has 5 nitrogen and oxygen atoms in total. The molecular formula is C10H16N2O3. The minimum Gasteiger partial charge on any atom is -0.488 e. The number of nitrogens with zero attached hydrogens (tertiary/aromatic N) is 2. The third-order valence-electron chi connectivity index (χ3n) is 1.86. The maximum absolute atomic E-state index is 9.09. The summed E-state index contributed by atoms with van der Waals surface area (Å²) in [5, 5.41) is 17.7. The van der Waals surface area contributed by atoms with E-state index in [1.54, 1.807) is 0 Å². The summed E-state index contributed by atoms with van der Waals surface area (Å²) in [4.78, 5) is 8.29. The van der Waals surface area contributed by atoms with Crippen LogP contribution in [0, 0.1) is 0 Å². The van der Waals surface area contributed by atoms with Crippen LogP contribution < -0.4 is 4.74 Å². The van der Waals surface area contributed by atoms with Gasteiger partial charge in [0.05, 0.1) is 19.4 Å². The molecule has 0 amide bonds. The van der Waals surface area contributed by atoms with Gasteiger partial charge in [-0.05, 0) is 0 Å². The second kappa shape index (κ2) is 5.63. The number of aromatic nitrogens is 2. The Morgan fingerprint density at radius 3 is 2.67 bits per heavy atom. The summed E-state index contributed by atoms with van der Waals surface area (Å²) < 4.78 is 5.18. The highest BCUT2D eigenvalue weighted by Crippen LogP contribution is 2.18. The predicted molar refractivity (Wildman–Crippen MR) is 54.6 cm³/mol. The Hall–Kier alpha value is -1.20. The molecule has 1 aromatic heterocycles. The van der Waals surface area contributed by atoms with E-state index in [0.717, 1.165) is 0 Å². The number of ether oxygens (including phenoxy) is 1. The minimum absolute atomic E-state index is 0.0726. The largest absolute Gasteiger partial charge is 0.488 e. The number of aliphatic hydroxyl groups is 2. The van der Waals surface area contributed by atoms with E-state index in [9.17, 15) is 0 Å². The van der Waals surface area contributed by atoms with Crippen LogP contribution in [0.3, 0.4) is 0 Å². The zero-order valence-electron chi connectivity index (χ0n) is 8.97. The van der Waals surface area contributed by atoms with E-state index < -0.39 is 0 Å². The molecule has 0 atom stereocenters. The van der Waals surface area contributed by atoms with Gasteiger partial charge in [-0.15, -0.1) is 0 Å². The van der Waals surface area contributed by atoms with Crippen molar-refractivity contribution in [1.29, 1.82) is 0 Å². The van der Waals surface area contributed by atoms with Gasteiger partial charge in [0.1, 0.15) is 18.1 Å². The zero-order chi connectivity index (χ0) is 11.3. The fraction of sp³-hybridized carbons (Fsp3) is 0.600. The van der Waals surface area contributed by atoms with Gasteiger partial charge in [-0.25, -0.2) is 9.97 Å². The maximum Gasteiger partial charge on any atom is 0.161 e. The minimum atomic E-state index is -0.191. The Labute approximate surface area is 88.8 Å². The van der Waals surface area contributed by atoms with Crippen LogP contribution >= 0.6 is 0 Å². The summed E-state index contributed by atoms with van der Waals surface area (Å²) in [6.45, 7) is 3.87. The number of hydrogen-bond acceptors (Lipinski definition) is 5. The second-order valence-corrected chi connectivity index (χ2v) is 3.42. The fourth-order valence-corrected chi connectivity index (χ4v) is 1.09. The first-order chi connectivity index (χ1) is 7.19. The van der Waals surface area contributed by atoms with Crippen LogP contribution in [0.1, 0.15) is 31.3 Å². The van der Waals surface area contributed by atoms with Gasteiger partial charge in [0.15, 0.2) is 5.75 Å². The third kappa shape index (κ3) is 3.14. The first-order valence-corrected chi connectivity index (χ1v) is 4.89. The molecular weight excluding hydrogens is 196 g/mol. The van der Waals surface area contributed by atoms with E-state index in [1.807, 2.05) is 13.8 Å². The van der Waals surface area contributed by atoms with Gasteiger partial charge in [-0.3, -0.25) is 0 Å². The van der Waals surface area contributed by atoms with Crippen LogP contribution in [-0.2, 0) is 6.61 Å². The molecule has 15 heavy (non-hydrogen) atoms. The van der Waals surface area contributed by atoms with Gasteiger partial charge >= 0.3 is 0 Å². The van der Waals surface area contributed by atoms with Gasteiger partial charge < -0.3 is 14.9 Å². The van der Waals surface area contributed by atoms with Crippen LogP contribution in [-0.4, -0.2) is 33.4 Å². The maximum atomic E-state index is 9.09. The van der Waals surface area contributed by atoms with Crippen molar-refractivity contribution in [3.8, 4) is 5.75 Å². The van der Waals surface area contributed by atoms with Crippen molar-refractivity contribution in [2.24, 2.45) is 0 Å². The lowest BCUT2D eigenvalue weighted by Gasteiger charge is -2.10. The van der Waals surface area contributed by atoms with Crippen molar-refractivity contribution in [3.05, 3.63) is 17.7 Å². The zero-order valence-corrected chi connectivity index (χ0v) is 8.97. The van der Waals surface area contributed by atoms with E-state index in [-0.39, 0.29) is 25.7 Å². The van der Waals surface area contributed by atoms with Crippen molar-refractivity contribution in [3.63, 3.8) is 0 Å². The molecule has 0 saturated carbocycles. The lowest BCUT2D eigenvalue weighted by molar-refractivity contribution is 0.193. The number of aliphatic hydroxyl groups excluding tert-OH is 2. The highest BCUT2D eigenvalue weighted by atomic mass is 16.5. The Morgan fingerprint density at radius 2 is 2.13 bits per heavy atom. The summed E-state index contributed by atoms with van der Waals surface area (Å²) in [5.74, 6) is 1.31. The first-order valence-electron chi connectivity index (χ1n) is 4.89. The normalized spacial score (nSPS) is 10.7. The smallest absolute Gasteiger partial charge is 0.161 e. The van der Waals surface area contributed by atoms with Crippen molar-refractivity contribution in [2.45, 2.75) is 26.4 Å². The van der Waals surface area contributed by atoms with Gasteiger partial charge in [-0.1, -0.05) is 13.8 Å². The average Bonchev–Trinajstić information content (AvgIpc) is 2.25. The standard InChI is InChI=1S/C10H16N2O3/c1-7(2)10-11-5-9(15-4-3-13)8(6-14)12-10/h5,7,13-14H,3-4,6H2,1-2H3. The molecule has 0 saturated heterocycles. The molecule has 1 rings (SSSR count). The quantitative estimate of drug-likeness (QED) is 0.741. The molecule has 1 heterocycles. The van der Waals surface area contributed by atoms with E-state index >= 15 is 0 Å². The van der Waals surface area contributed by atoms with Crippen molar-refractivity contribution in [1.82, 2.24) is 9.97 Å². The van der Waals surface area contributed by atoms with E-state index in [2.05, 4.69) is 9.97 Å². The molecule has 0 aliphatic carbocycles. The Bertz CT molecular complexity index is 316. The average molecular weight is 212 g/mol. The van der Waals surface area contributed by atoms with E-state index in [1.165, 1.54) is 6.20 Å². The summed E-state index contributed by atoms with van der Waals surface area (Å²) in [5.41, 5.74) is 0.460. The SMILES string of the molecule is CC(C)c1ncc(OCCO)c(CO)n1. The van der Waals surface area contributed by atoms with E-state index in [4.69, 9.17) is 14.9 Å². The lowest BCUT2D eigenvalue weighted by atomic mass is 10.2. The summed E-state index contributed by atoms with van der Waals surface area (Å²) in [7, 11) is 0. The summed E-state index contributed by atoms with van der Waals surface area (Å²) in [6, 6.07) is 0. The van der Waals surface area contributed by atoms with Crippen LogP contribution in [0.2, 0.25) is 0 Å². The third-order valence-corrected chi connectivity index (χ3v) is 1.86. The lowest BCUT2D eigenvalue weighted by Crippen LogP contribution is -2.08. The van der Waals surface area contributed by atoms with E-state index in [0.29, 0.717) is 17.3 Å². The molecule has 0 radical (unpaired) electrons. The summed E-state index contributed by atoms with van der Waals surface area (Å²) in [6.07, 6.45) is 1.53.